The van der Waals surface area contributed by atoms with Crippen molar-refractivity contribution in [2.24, 2.45) is 0 Å². The highest BCUT2D eigenvalue weighted by atomic mass is 35.5. The molecule has 0 aliphatic carbocycles. The molecule has 1 N–H and O–H groups in total. The largest absolute Gasteiger partial charge is 0.496 e. The molecule has 2 aromatic rings. The summed E-state index contributed by atoms with van der Waals surface area (Å²) >= 11 is 6.17. The second kappa shape index (κ2) is 5.42. The Morgan fingerprint density at radius 3 is 2.50 bits per heavy atom. The maximum atomic E-state index is 10.4. The monoisotopic (exact) mass is 262 g/mol. The van der Waals surface area contributed by atoms with E-state index in [1.165, 1.54) is 0 Å². The second-order valence-corrected chi connectivity index (χ2v) is 4.58. The molecule has 1 atom stereocenters. The van der Waals surface area contributed by atoms with Crippen LogP contribution in [0, 0.1) is 6.92 Å². The summed E-state index contributed by atoms with van der Waals surface area (Å²) in [6.45, 7) is 1.96. The number of benzene rings is 2. The number of aryl methyl sites for hydroxylation is 1. The summed E-state index contributed by atoms with van der Waals surface area (Å²) in [5, 5.41) is 11.0. The molecule has 0 spiro atoms. The molecule has 2 aromatic carbocycles. The first kappa shape index (κ1) is 12.9. The molecular formula is C15H15ClO2. The lowest BCUT2D eigenvalue weighted by molar-refractivity contribution is 0.215. The zero-order valence-corrected chi connectivity index (χ0v) is 11.1. The van der Waals surface area contributed by atoms with Crippen LogP contribution in [-0.2, 0) is 0 Å². The topological polar surface area (TPSA) is 29.5 Å². The third kappa shape index (κ3) is 2.50. The Labute approximate surface area is 112 Å². The van der Waals surface area contributed by atoms with Gasteiger partial charge in [-0.1, -0.05) is 41.9 Å². The molecule has 0 saturated heterocycles. The Hall–Kier alpha value is -1.51. The van der Waals surface area contributed by atoms with Crippen molar-refractivity contribution < 1.29 is 9.84 Å². The number of hydrogen-bond donors (Lipinski definition) is 1. The van der Waals surface area contributed by atoms with Crippen molar-refractivity contribution in [3.63, 3.8) is 0 Å². The molecular weight excluding hydrogens is 248 g/mol. The lowest BCUT2D eigenvalue weighted by Gasteiger charge is -2.16. The van der Waals surface area contributed by atoms with Crippen LogP contribution < -0.4 is 4.74 Å². The first-order chi connectivity index (χ1) is 8.63. The first-order valence-corrected chi connectivity index (χ1v) is 6.08. The van der Waals surface area contributed by atoms with Gasteiger partial charge in [-0.15, -0.1) is 0 Å². The normalized spacial score (nSPS) is 12.2. The molecule has 3 heteroatoms. The third-order valence-electron chi connectivity index (χ3n) is 2.88. The van der Waals surface area contributed by atoms with E-state index in [4.69, 9.17) is 16.3 Å². The van der Waals surface area contributed by atoms with E-state index in [-0.39, 0.29) is 0 Å². The minimum absolute atomic E-state index is 0.563. The minimum atomic E-state index is -0.783. The zero-order chi connectivity index (χ0) is 13.1. The maximum absolute atomic E-state index is 10.4. The van der Waals surface area contributed by atoms with Crippen LogP contribution in [0.1, 0.15) is 22.8 Å². The van der Waals surface area contributed by atoms with Crippen LogP contribution in [0.2, 0.25) is 5.02 Å². The van der Waals surface area contributed by atoms with E-state index in [1.54, 1.807) is 7.11 Å². The number of methoxy groups -OCH3 is 1. The fourth-order valence-electron chi connectivity index (χ4n) is 1.91. The van der Waals surface area contributed by atoms with Gasteiger partial charge >= 0.3 is 0 Å². The molecule has 18 heavy (non-hydrogen) atoms. The number of aliphatic hydroxyl groups excluding tert-OH is 1. The van der Waals surface area contributed by atoms with Crippen molar-refractivity contribution in [1.29, 1.82) is 0 Å². The highest BCUT2D eigenvalue weighted by Gasteiger charge is 2.17. The lowest BCUT2D eigenvalue weighted by Crippen LogP contribution is -2.03. The molecule has 0 fully saturated rings. The van der Waals surface area contributed by atoms with Crippen molar-refractivity contribution >= 4 is 11.6 Å². The molecule has 0 saturated carbocycles. The maximum Gasteiger partial charge on any atom is 0.125 e. The quantitative estimate of drug-likeness (QED) is 0.913. The number of halogens is 1. The van der Waals surface area contributed by atoms with E-state index in [2.05, 4.69) is 0 Å². The summed E-state index contributed by atoms with van der Waals surface area (Å²) in [7, 11) is 1.59. The van der Waals surface area contributed by atoms with Crippen LogP contribution in [0.3, 0.4) is 0 Å². The van der Waals surface area contributed by atoms with Gasteiger partial charge in [0.25, 0.3) is 0 Å². The van der Waals surface area contributed by atoms with Crippen molar-refractivity contribution in [3.05, 3.63) is 64.2 Å². The van der Waals surface area contributed by atoms with Gasteiger partial charge in [0.1, 0.15) is 11.9 Å². The van der Waals surface area contributed by atoms with E-state index in [0.717, 1.165) is 5.56 Å². The van der Waals surface area contributed by atoms with Gasteiger partial charge in [-0.25, -0.2) is 0 Å². The molecule has 0 aromatic heterocycles. The molecule has 0 aliphatic heterocycles. The average Bonchev–Trinajstić information content (AvgIpc) is 2.38. The van der Waals surface area contributed by atoms with Gasteiger partial charge in [0.15, 0.2) is 0 Å². The number of aliphatic hydroxyl groups is 1. The molecule has 94 valence electrons. The minimum Gasteiger partial charge on any atom is -0.496 e. The van der Waals surface area contributed by atoms with E-state index in [9.17, 15) is 5.11 Å². The van der Waals surface area contributed by atoms with Gasteiger partial charge in [-0.2, -0.15) is 0 Å². The number of para-hydroxylation sites is 1. The van der Waals surface area contributed by atoms with Crippen LogP contribution in [0.25, 0.3) is 0 Å². The first-order valence-electron chi connectivity index (χ1n) is 5.70. The Bertz CT molecular complexity index is 552. The van der Waals surface area contributed by atoms with Gasteiger partial charge in [0.05, 0.1) is 7.11 Å². The lowest BCUT2D eigenvalue weighted by atomic mass is 9.99. The Balaban J connectivity index is 2.44. The van der Waals surface area contributed by atoms with Crippen molar-refractivity contribution in [2.75, 3.05) is 7.11 Å². The van der Waals surface area contributed by atoms with E-state index in [0.29, 0.717) is 21.9 Å². The molecule has 1 unspecified atom stereocenters. The fraction of sp³-hybridized carbons (Fsp3) is 0.200. The second-order valence-electron chi connectivity index (χ2n) is 4.17. The highest BCUT2D eigenvalue weighted by molar-refractivity contribution is 6.31. The summed E-state index contributed by atoms with van der Waals surface area (Å²) in [6, 6.07) is 13.0. The molecule has 0 amide bonds. The van der Waals surface area contributed by atoms with Crippen molar-refractivity contribution in [3.8, 4) is 5.75 Å². The molecule has 0 radical (unpaired) electrons. The summed E-state index contributed by atoms with van der Waals surface area (Å²) in [5.74, 6) is 0.654. The Kier molecular flexibility index (Phi) is 3.90. The predicted octanol–water partition coefficient (Wildman–Crippen LogP) is 3.74. The Morgan fingerprint density at radius 1 is 1.11 bits per heavy atom. The SMILES string of the molecule is COc1ccccc1C(O)c1ccc(C)cc1Cl. The molecule has 2 nitrogen and oxygen atoms in total. The summed E-state index contributed by atoms with van der Waals surface area (Å²) < 4.78 is 5.25. The van der Waals surface area contributed by atoms with Gasteiger partial charge in [0, 0.05) is 16.1 Å². The summed E-state index contributed by atoms with van der Waals surface area (Å²) in [6.07, 6.45) is -0.783. The van der Waals surface area contributed by atoms with Crippen molar-refractivity contribution in [1.82, 2.24) is 0 Å². The van der Waals surface area contributed by atoms with Crippen LogP contribution >= 0.6 is 11.6 Å². The van der Waals surface area contributed by atoms with Crippen molar-refractivity contribution in [2.45, 2.75) is 13.0 Å². The van der Waals surface area contributed by atoms with Crippen LogP contribution in [0.15, 0.2) is 42.5 Å². The predicted molar refractivity (Wildman–Crippen MR) is 73.2 cm³/mol. The average molecular weight is 263 g/mol. The summed E-state index contributed by atoms with van der Waals surface area (Å²) in [5.41, 5.74) is 2.47. The van der Waals surface area contributed by atoms with E-state index >= 15 is 0 Å². The van der Waals surface area contributed by atoms with Gasteiger partial charge in [-0.3, -0.25) is 0 Å². The number of hydrogen-bond acceptors (Lipinski definition) is 2. The Morgan fingerprint density at radius 2 is 1.83 bits per heavy atom. The number of ether oxygens (including phenoxy) is 1. The van der Waals surface area contributed by atoms with Gasteiger partial charge < -0.3 is 9.84 Å². The van der Waals surface area contributed by atoms with Crippen LogP contribution in [-0.4, -0.2) is 12.2 Å². The smallest absolute Gasteiger partial charge is 0.125 e. The fourth-order valence-corrected chi connectivity index (χ4v) is 2.25. The standard InChI is InChI=1S/C15H15ClO2/c1-10-7-8-11(13(16)9-10)15(17)12-5-3-4-6-14(12)18-2/h3-9,15,17H,1-2H3. The highest BCUT2D eigenvalue weighted by Crippen LogP contribution is 2.33. The zero-order valence-electron chi connectivity index (χ0n) is 10.4. The van der Waals surface area contributed by atoms with E-state index < -0.39 is 6.10 Å². The molecule has 2 rings (SSSR count). The van der Waals surface area contributed by atoms with Gasteiger partial charge in [-0.05, 0) is 24.6 Å². The number of rotatable bonds is 3. The molecule has 0 aliphatic rings. The molecule has 0 bridgehead atoms. The van der Waals surface area contributed by atoms with Gasteiger partial charge in [0.2, 0.25) is 0 Å². The summed E-state index contributed by atoms with van der Waals surface area (Å²) in [4.78, 5) is 0. The third-order valence-corrected chi connectivity index (χ3v) is 3.21. The van der Waals surface area contributed by atoms with Crippen LogP contribution in [0.4, 0.5) is 0 Å². The van der Waals surface area contributed by atoms with E-state index in [1.807, 2.05) is 49.4 Å². The molecule has 0 heterocycles. The van der Waals surface area contributed by atoms with Crippen LogP contribution in [0.5, 0.6) is 5.75 Å².